The van der Waals surface area contributed by atoms with Crippen LogP contribution in [0, 0.1) is 5.92 Å². The van der Waals surface area contributed by atoms with Crippen molar-refractivity contribution in [3.05, 3.63) is 29.8 Å². The molecule has 0 saturated heterocycles. The van der Waals surface area contributed by atoms with E-state index in [9.17, 15) is 4.79 Å². The Morgan fingerprint density at radius 2 is 2.06 bits per heavy atom. The molecule has 18 heavy (non-hydrogen) atoms. The molecule has 0 radical (unpaired) electrons. The first-order valence-corrected chi connectivity index (χ1v) is 6.16. The van der Waals surface area contributed by atoms with Crippen LogP contribution in [-0.4, -0.2) is 18.7 Å². The molecule has 0 aromatic heterocycles. The lowest BCUT2D eigenvalue weighted by molar-refractivity contribution is -0.121. The zero-order valence-corrected chi connectivity index (χ0v) is 11.1. The van der Waals surface area contributed by atoms with Gasteiger partial charge in [0.15, 0.2) is 0 Å². The smallest absolute Gasteiger partial charge is 0.240 e. The third-order valence-electron chi connectivity index (χ3n) is 2.19. The van der Waals surface area contributed by atoms with E-state index in [0.29, 0.717) is 18.9 Å². The van der Waals surface area contributed by atoms with Crippen LogP contribution in [0.5, 0.6) is 5.75 Å². The summed E-state index contributed by atoms with van der Waals surface area (Å²) in [6.45, 7) is 6.59. The Balaban J connectivity index is 2.44. The number of hydrazone groups is 1. The number of ether oxygens (including phenoxy) is 1. The van der Waals surface area contributed by atoms with Crippen molar-refractivity contribution in [2.75, 3.05) is 6.61 Å². The van der Waals surface area contributed by atoms with Crippen LogP contribution < -0.4 is 10.2 Å². The highest BCUT2D eigenvalue weighted by Crippen LogP contribution is 2.10. The largest absolute Gasteiger partial charge is 0.494 e. The van der Waals surface area contributed by atoms with E-state index in [1.807, 2.05) is 45.0 Å². The minimum absolute atomic E-state index is 0.0628. The molecule has 0 bridgehead atoms. The summed E-state index contributed by atoms with van der Waals surface area (Å²) < 4.78 is 5.33. The van der Waals surface area contributed by atoms with Gasteiger partial charge < -0.3 is 4.74 Å². The average Bonchev–Trinajstić information content (AvgIpc) is 2.31. The Labute approximate surface area is 108 Å². The van der Waals surface area contributed by atoms with Crippen molar-refractivity contribution in [2.45, 2.75) is 27.2 Å². The number of nitrogens with zero attached hydrogens (tertiary/aromatic N) is 1. The number of hydrogen-bond donors (Lipinski definition) is 1. The summed E-state index contributed by atoms with van der Waals surface area (Å²) in [6.07, 6.45) is 2.11. The molecule has 1 N–H and O–H groups in total. The maximum atomic E-state index is 11.3. The minimum Gasteiger partial charge on any atom is -0.494 e. The van der Waals surface area contributed by atoms with E-state index in [-0.39, 0.29) is 5.91 Å². The number of carbonyl (C=O) groups excluding carboxylic acids is 1. The number of benzene rings is 1. The highest BCUT2D eigenvalue weighted by molar-refractivity contribution is 5.82. The van der Waals surface area contributed by atoms with E-state index in [0.717, 1.165) is 11.3 Å². The maximum absolute atomic E-state index is 11.3. The second-order valence-electron chi connectivity index (χ2n) is 4.39. The molecule has 0 aliphatic carbocycles. The van der Waals surface area contributed by atoms with E-state index in [1.165, 1.54) is 0 Å². The summed E-state index contributed by atoms with van der Waals surface area (Å²) in [5.41, 5.74) is 3.42. The molecule has 0 aliphatic heterocycles. The van der Waals surface area contributed by atoms with Gasteiger partial charge in [-0.05, 0) is 42.7 Å². The van der Waals surface area contributed by atoms with Gasteiger partial charge in [-0.1, -0.05) is 13.8 Å². The Kier molecular flexibility index (Phi) is 5.91. The molecule has 4 heteroatoms. The van der Waals surface area contributed by atoms with Gasteiger partial charge in [-0.2, -0.15) is 5.10 Å². The topological polar surface area (TPSA) is 50.7 Å². The van der Waals surface area contributed by atoms with Crippen LogP contribution in [0.25, 0.3) is 0 Å². The van der Waals surface area contributed by atoms with Crippen molar-refractivity contribution in [3.8, 4) is 5.75 Å². The van der Waals surface area contributed by atoms with Crippen LogP contribution in [0.2, 0.25) is 0 Å². The molecule has 0 spiro atoms. The van der Waals surface area contributed by atoms with Crippen LogP contribution in [-0.2, 0) is 4.79 Å². The molecule has 4 nitrogen and oxygen atoms in total. The van der Waals surface area contributed by atoms with Crippen molar-refractivity contribution >= 4 is 12.1 Å². The highest BCUT2D eigenvalue weighted by Gasteiger charge is 2.02. The molecule has 0 aliphatic rings. The van der Waals surface area contributed by atoms with Crippen molar-refractivity contribution in [1.82, 2.24) is 5.43 Å². The zero-order chi connectivity index (χ0) is 13.4. The fourth-order valence-corrected chi connectivity index (χ4v) is 1.41. The number of carbonyl (C=O) groups is 1. The molecule has 0 heterocycles. The van der Waals surface area contributed by atoms with Crippen molar-refractivity contribution in [3.63, 3.8) is 0 Å². The van der Waals surface area contributed by atoms with Crippen molar-refractivity contribution in [2.24, 2.45) is 11.0 Å². The van der Waals surface area contributed by atoms with E-state index >= 15 is 0 Å². The number of hydrogen-bond acceptors (Lipinski definition) is 3. The first-order chi connectivity index (χ1) is 8.61. The molecule has 1 aromatic rings. The van der Waals surface area contributed by atoms with Gasteiger partial charge in [0.05, 0.1) is 12.8 Å². The Bertz CT molecular complexity index is 397. The summed E-state index contributed by atoms with van der Waals surface area (Å²) >= 11 is 0. The van der Waals surface area contributed by atoms with Gasteiger partial charge in [-0.3, -0.25) is 4.79 Å². The normalized spacial score (nSPS) is 10.9. The highest BCUT2D eigenvalue weighted by atomic mass is 16.5. The second kappa shape index (κ2) is 7.48. The van der Waals surface area contributed by atoms with Crippen LogP contribution in [0.4, 0.5) is 0 Å². The zero-order valence-electron chi connectivity index (χ0n) is 11.1. The van der Waals surface area contributed by atoms with E-state index in [4.69, 9.17) is 4.74 Å². The van der Waals surface area contributed by atoms with Crippen molar-refractivity contribution < 1.29 is 9.53 Å². The predicted molar refractivity (Wildman–Crippen MR) is 72.8 cm³/mol. The number of rotatable bonds is 6. The second-order valence-corrected chi connectivity index (χ2v) is 4.39. The summed E-state index contributed by atoms with van der Waals surface area (Å²) in [4.78, 5) is 11.3. The lowest BCUT2D eigenvalue weighted by atomic mass is 10.1. The van der Waals surface area contributed by atoms with Gasteiger partial charge in [-0.15, -0.1) is 0 Å². The molecular formula is C14H20N2O2. The molecule has 0 unspecified atom stereocenters. The fraction of sp³-hybridized carbons (Fsp3) is 0.429. The van der Waals surface area contributed by atoms with E-state index in [1.54, 1.807) is 6.21 Å². The first-order valence-electron chi connectivity index (χ1n) is 6.16. The van der Waals surface area contributed by atoms with E-state index < -0.39 is 0 Å². The molecule has 0 fully saturated rings. The van der Waals surface area contributed by atoms with Gasteiger partial charge in [0.2, 0.25) is 5.91 Å². The number of amides is 1. The fourth-order valence-electron chi connectivity index (χ4n) is 1.41. The van der Waals surface area contributed by atoms with Crippen LogP contribution in [0.1, 0.15) is 32.8 Å². The molecule has 1 amide bonds. The summed E-state index contributed by atoms with van der Waals surface area (Å²) in [5, 5.41) is 3.90. The van der Waals surface area contributed by atoms with Crippen LogP contribution in [0.15, 0.2) is 29.4 Å². The summed E-state index contributed by atoms with van der Waals surface area (Å²) in [7, 11) is 0. The summed E-state index contributed by atoms with van der Waals surface area (Å²) in [6, 6.07) is 7.54. The maximum Gasteiger partial charge on any atom is 0.240 e. The molecule has 1 aromatic carbocycles. The third-order valence-corrected chi connectivity index (χ3v) is 2.19. The predicted octanol–water partition coefficient (Wildman–Crippen LogP) is 2.58. The van der Waals surface area contributed by atoms with Gasteiger partial charge in [0.25, 0.3) is 0 Å². The molecule has 1 rings (SSSR count). The van der Waals surface area contributed by atoms with Gasteiger partial charge in [-0.25, -0.2) is 5.43 Å². The third kappa shape index (κ3) is 5.48. The lowest BCUT2D eigenvalue weighted by Gasteiger charge is -2.03. The molecule has 0 saturated carbocycles. The van der Waals surface area contributed by atoms with Crippen LogP contribution >= 0.6 is 0 Å². The molecule has 0 atom stereocenters. The molecular weight excluding hydrogens is 228 g/mol. The van der Waals surface area contributed by atoms with Gasteiger partial charge >= 0.3 is 0 Å². The van der Waals surface area contributed by atoms with Crippen LogP contribution in [0.3, 0.4) is 0 Å². The SMILES string of the molecule is CCOc1ccc(C=NNC(=O)CC(C)C)cc1. The van der Waals surface area contributed by atoms with Gasteiger partial charge in [0, 0.05) is 6.42 Å². The van der Waals surface area contributed by atoms with Gasteiger partial charge in [0.1, 0.15) is 5.75 Å². The Morgan fingerprint density at radius 3 is 2.61 bits per heavy atom. The average molecular weight is 248 g/mol. The Morgan fingerprint density at radius 1 is 1.39 bits per heavy atom. The lowest BCUT2D eigenvalue weighted by Crippen LogP contribution is -2.19. The first kappa shape index (κ1) is 14.2. The standard InChI is InChI=1S/C14H20N2O2/c1-4-18-13-7-5-12(6-8-13)10-15-16-14(17)9-11(2)3/h5-8,10-11H,4,9H2,1-3H3,(H,16,17). The van der Waals surface area contributed by atoms with E-state index in [2.05, 4.69) is 10.5 Å². The minimum atomic E-state index is -0.0628. The number of nitrogens with one attached hydrogen (secondary N) is 1. The monoisotopic (exact) mass is 248 g/mol. The molecule has 98 valence electrons. The van der Waals surface area contributed by atoms with Crippen molar-refractivity contribution in [1.29, 1.82) is 0 Å². The summed E-state index contributed by atoms with van der Waals surface area (Å²) in [5.74, 6) is 1.11. The Hall–Kier alpha value is -1.84. The quantitative estimate of drug-likeness (QED) is 0.621.